The Kier molecular flexibility index (Phi) is 5.19. The summed E-state index contributed by atoms with van der Waals surface area (Å²) in [5.41, 5.74) is 1.94. The first-order valence-corrected chi connectivity index (χ1v) is 8.25. The number of nitrogens with zero attached hydrogens (tertiary/aromatic N) is 2. The highest BCUT2D eigenvalue weighted by molar-refractivity contribution is 5.89. The van der Waals surface area contributed by atoms with Crippen LogP contribution < -0.4 is 0 Å². The van der Waals surface area contributed by atoms with Gasteiger partial charge in [0.2, 0.25) is 11.8 Å². The highest BCUT2D eigenvalue weighted by Crippen LogP contribution is 2.17. The highest BCUT2D eigenvalue weighted by Gasteiger charge is 2.35. The van der Waals surface area contributed by atoms with Crippen molar-refractivity contribution in [2.45, 2.75) is 26.1 Å². The van der Waals surface area contributed by atoms with Crippen LogP contribution in [0.3, 0.4) is 0 Å². The normalized spacial score (nSPS) is 17.6. The van der Waals surface area contributed by atoms with Gasteiger partial charge in [0, 0.05) is 25.7 Å². The van der Waals surface area contributed by atoms with Crippen LogP contribution in [0.25, 0.3) is 0 Å². The Morgan fingerprint density at radius 2 is 2.04 bits per heavy atom. The van der Waals surface area contributed by atoms with E-state index in [1.807, 2.05) is 43.3 Å². The third kappa shape index (κ3) is 3.91. The maximum atomic E-state index is 12.9. The van der Waals surface area contributed by atoms with Gasteiger partial charge in [-0.05, 0) is 18.6 Å². The molecule has 2 amide bonds. The van der Waals surface area contributed by atoms with Gasteiger partial charge in [0.25, 0.3) is 0 Å². The van der Waals surface area contributed by atoms with Gasteiger partial charge in [0.15, 0.2) is 0 Å². The summed E-state index contributed by atoms with van der Waals surface area (Å²) in [7, 11) is 1.73. The molecule has 1 aliphatic rings. The van der Waals surface area contributed by atoms with Crippen molar-refractivity contribution in [2.75, 3.05) is 20.3 Å². The minimum absolute atomic E-state index is 0.0150. The minimum atomic E-state index is -0.612. The predicted molar refractivity (Wildman–Crippen MR) is 91.5 cm³/mol. The molecule has 1 aromatic heterocycles. The third-order valence-corrected chi connectivity index (χ3v) is 4.43. The average Bonchev–Trinajstić information content (AvgIpc) is 3.02. The van der Waals surface area contributed by atoms with E-state index in [2.05, 4.69) is 0 Å². The monoisotopic (exact) mass is 342 g/mol. The fourth-order valence-corrected chi connectivity index (χ4v) is 2.95. The van der Waals surface area contributed by atoms with Gasteiger partial charge in [-0.15, -0.1) is 0 Å². The molecule has 132 valence electrons. The van der Waals surface area contributed by atoms with Crippen molar-refractivity contribution in [3.8, 4) is 0 Å². The van der Waals surface area contributed by atoms with Crippen LogP contribution in [0.4, 0.5) is 0 Å². The molecule has 3 rings (SSSR count). The van der Waals surface area contributed by atoms with Crippen molar-refractivity contribution in [3.05, 3.63) is 59.5 Å². The van der Waals surface area contributed by atoms with Crippen molar-refractivity contribution in [1.82, 2.24) is 9.80 Å². The lowest BCUT2D eigenvalue weighted by Crippen LogP contribution is -2.56. The van der Waals surface area contributed by atoms with E-state index in [0.29, 0.717) is 13.1 Å². The van der Waals surface area contributed by atoms with E-state index >= 15 is 0 Å². The summed E-state index contributed by atoms with van der Waals surface area (Å²) in [6.07, 6.45) is 1.61. The van der Waals surface area contributed by atoms with E-state index in [9.17, 15) is 9.59 Å². The topological polar surface area (TPSA) is 63.0 Å². The molecule has 0 saturated carbocycles. The highest BCUT2D eigenvalue weighted by atomic mass is 16.5. The molecule has 6 nitrogen and oxygen atoms in total. The Hall–Kier alpha value is -2.60. The van der Waals surface area contributed by atoms with Crippen molar-refractivity contribution in [2.24, 2.45) is 0 Å². The molecule has 0 spiro atoms. The van der Waals surface area contributed by atoms with Gasteiger partial charge in [-0.2, -0.15) is 0 Å². The maximum Gasteiger partial charge on any atom is 0.249 e. The molecule has 1 aromatic carbocycles. The summed E-state index contributed by atoms with van der Waals surface area (Å²) in [5, 5.41) is 0. The van der Waals surface area contributed by atoms with Crippen molar-refractivity contribution < 1.29 is 18.7 Å². The zero-order chi connectivity index (χ0) is 17.8. The lowest BCUT2D eigenvalue weighted by molar-refractivity contribution is -0.159. The quantitative estimate of drug-likeness (QED) is 0.833. The summed E-state index contributed by atoms with van der Waals surface area (Å²) in [4.78, 5) is 28.5. The lowest BCUT2D eigenvalue weighted by atomic mass is 10.1. The number of carbonyl (C=O) groups is 2. The van der Waals surface area contributed by atoms with Crippen molar-refractivity contribution >= 4 is 11.8 Å². The van der Waals surface area contributed by atoms with E-state index in [0.717, 1.165) is 16.9 Å². The SMILES string of the molecule is Cc1occc1CN(C)C(=O)[C@H]1COCC(=O)N1Cc1ccccc1. The van der Waals surface area contributed by atoms with Crippen LogP contribution in [0.5, 0.6) is 0 Å². The maximum absolute atomic E-state index is 12.9. The summed E-state index contributed by atoms with van der Waals surface area (Å²) in [5.74, 6) is 0.489. The van der Waals surface area contributed by atoms with Gasteiger partial charge < -0.3 is 19.0 Å². The number of ether oxygens (including phenoxy) is 1. The molecule has 0 unspecified atom stereocenters. The Morgan fingerprint density at radius 3 is 2.72 bits per heavy atom. The number of hydrogen-bond acceptors (Lipinski definition) is 4. The molecule has 0 bridgehead atoms. The second-order valence-electron chi connectivity index (χ2n) is 6.23. The van der Waals surface area contributed by atoms with Crippen LogP contribution in [-0.2, 0) is 27.4 Å². The number of carbonyl (C=O) groups excluding carboxylic acids is 2. The summed E-state index contributed by atoms with van der Waals surface area (Å²) >= 11 is 0. The number of furan rings is 1. The largest absolute Gasteiger partial charge is 0.469 e. The fourth-order valence-electron chi connectivity index (χ4n) is 2.95. The molecular formula is C19H22N2O4. The van der Waals surface area contributed by atoms with Crippen LogP contribution in [-0.4, -0.2) is 47.9 Å². The van der Waals surface area contributed by atoms with Gasteiger partial charge in [-0.3, -0.25) is 9.59 Å². The van der Waals surface area contributed by atoms with Crippen molar-refractivity contribution in [1.29, 1.82) is 0 Å². The predicted octanol–water partition coefficient (Wildman–Crippen LogP) is 1.97. The Bertz CT molecular complexity index is 741. The number of likely N-dealkylation sites (N-methyl/N-ethyl adjacent to an activating group) is 1. The number of amides is 2. The molecule has 0 aliphatic carbocycles. The number of rotatable bonds is 5. The third-order valence-electron chi connectivity index (χ3n) is 4.43. The number of morpholine rings is 1. The fraction of sp³-hybridized carbons (Fsp3) is 0.368. The lowest BCUT2D eigenvalue weighted by Gasteiger charge is -2.36. The van der Waals surface area contributed by atoms with Gasteiger partial charge >= 0.3 is 0 Å². The second-order valence-corrected chi connectivity index (χ2v) is 6.23. The molecule has 0 radical (unpaired) electrons. The molecule has 2 aromatic rings. The number of aryl methyl sites for hydroxylation is 1. The van der Waals surface area contributed by atoms with Crippen LogP contribution >= 0.6 is 0 Å². The van der Waals surface area contributed by atoms with Crippen LogP contribution in [0, 0.1) is 6.92 Å². The summed E-state index contributed by atoms with van der Waals surface area (Å²) < 4.78 is 10.6. The second kappa shape index (κ2) is 7.53. The number of hydrogen-bond donors (Lipinski definition) is 0. The van der Waals surface area contributed by atoms with E-state index in [-0.39, 0.29) is 25.0 Å². The zero-order valence-electron chi connectivity index (χ0n) is 14.5. The zero-order valence-corrected chi connectivity index (χ0v) is 14.5. The van der Waals surface area contributed by atoms with Crippen LogP contribution in [0.1, 0.15) is 16.9 Å². The molecule has 0 N–H and O–H groups in total. The van der Waals surface area contributed by atoms with E-state index in [1.54, 1.807) is 23.1 Å². The minimum Gasteiger partial charge on any atom is -0.469 e. The van der Waals surface area contributed by atoms with E-state index in [4.69, 9.17) is 9.15 Å². The first-order chi connectivity index (χ1) is 12.1. The van der Waals surface area contributed by atoms with Crippen LogP contribution in [0.2, 0.25) is 0 Å². The summed E-state index contributed by atoms with van der Waals surface area (Å²) in [6, 6.07) is 10.9. The average molecular weight is 342 g/mol. The van der Waals surface area contributed by atoms with Gasteiger partial charge in [-0.1, -0.05) is 30.3 Å². The molecule has 2 heterocycles. The molecule has 1 fully saturated rings. The molecular weight excluding hydrogens is 320 g/mol. The van der Waals surface area contributed by atoms with Crippen molar-refractivity contribution in [3.63, 3.8) is 0 Å². The van der Waals surface area contributed by atoms with E-state index in [1.165, 1.54) is 0 Å². The first-order valence-electron chi connectivity index (χ1n) is 8.25. The molecule has 25 heavy (non-hydrogen) atoms. The standard InChI is InChI=1S/C19H22N2O4/c1-14-16(8-9-25-14)11-20(2)19(23)17-12-24-13-18(22)21(17)10-15-6-4-3-5-7-15/h3-9,17H,10-13H2,1-2H3/t17-/m1/s1. The van der Waals surface area contributed by atoms with Gasteiger partial charge in [-0.25, -0.2) is 0 Å². The summed E-state index contributed by atoms with van der Waals surface area (Å²) in [6.45, 7) is 2.93. The molecule has 1 aliphatic heterocycles. The number of benzene rings is 1. The Balaban J connectivity index is 1.73. The molecule has 1 saturated heterocycles. The van der Waals surface area contributed by atoms with Crippen LogP contribution in [0.15, 0.2) is 47.1 Å². The van der Waals surface area contributed by atoms with Gasteiger partial charge in [0.1, 0.15) is 18.4 Å². The smallest absolute Gasteiger partial charge is 0.249 e. The Labute approximate surface area is 147 Å². The van der Waals surface area contributed by atoms with E-state index < -0.39 is 6.04 Å². The Morgan fingerprint density at radius 1 is 1.28 bits per heavy atom. The molecule has 1 atom stereocenters. The molecule has 6 heteroatoms. The first kappa shape index (κ1) is 17.2. The van der Waals surface area contributed by atoms with Gasteiger partial charge in [0.05, 0.1) is 12.9 Å².